The summed E-state index contributed by atoms with van der Waals surface area (Å²) in [4.78, 5) is 11.2. The molecule has 1 saturated carbocycles. The van der Waals surface area contributed by atoms with E-state index >= 15 is 0 Å². The minimum atomic E-state index is -0.863. The number of aliphatic carboxylic acids is 1. The van der Waals surface area contributed by atoms with Gasteiger partial charge in [-0.2, -0.15) is 0 Å². The molecule has 1 fully saturated rings. The Hall–Kier alpha value is -0.870. The third-order valence-electron chi connectivity index (χ3n) is 3.05. The largest absolute Gasteiger partial charge is 0.481 e. The van der Waals surface area contributed by atoms with Crippen LogP contribution in [0.15, 0.2) is 28.7 Å². The number of hydrogen-bond donors (Lipinski definition) is 2. The lowest BCUT2D eigenvalue weighted by Gasteiger charge is -2.12. The van der Waals surface area contributed by atoms with Crippen molar-refractivity contribution < 1.29 is 15.0 Å². The molecule has 0 aromatic heterocycles. The van der Waals surface area contributed by atoms with E-state index in [0.717, 1.165) is 10.0 Å². The molecule has 0 amide bonds. The Labute approximate surface area is 95.9 Å². The van der Waals surface area contributed by atoms with Gasteiger partial charge in [-0.05, 0) is 24.1 Å². The van der Waals surface area contributed by atoms with Crippen LogP contribution >= 0.6 is 15.9 Å². The third-order valence-corrected chi connectivity index (χ3v) is 3.54. The first-order valence-electron chi connectivity index (χ1n) is 4.71. The van der Waals surface area contributed by atoms with Crippen LogP contribution in [0, 0.1) is 5.92 Å². The summed E-state index contributed by atoms with van der Waals surface area (Å²) in [6, 6.07) is 7.28. The Bertz CT molecular complexity index is 405. The Morgan fingerprint density at radius 1 is 1.60 bits per heavy atom. The Morgan fingerprint density at radius 2 is 2.33 bits per heavy atom. The number of carbonyl (C=O) groups is 1. The summed E-state index contributed by atoms with van der Waals surface area (Å²) >= 11 is 3.32. The molecule has 1 aromatic rings. The molecule has 80 valence electrons. The van der Waals surface area contributed by atoms with Crippen molar-refractivity contribution in [3.05, 3.63) is 34.3 Å². The first kappa shape index (κ1) is 10.6. The first-order chi connectivity index (χ1) is 7.11. The number of halogens is 1. The van der Waals surface area contributed by atoms with Crippen LogP contribution in [0.1, 0.15) is 12.0 Å². The van der Waals surface area contributed by atoms with Gasteiger partial charge in [0.25, 0.3) is 0 Å². The predicted octanol–water partition coefficient (Wildman–Crippen LogP) is 1.78. The summed E-state index contributed by atoms with van der Waals surface area (Å²) in [5.74, 6) is -0.996. The topological polar surface area (TPSA) is 57.5 Å². The van der Waals surface area contributed by atoms with Crippen molar-refractivity contribution in [3.63, 3.8) is 0 Å². The highest BCUT2D eigenvalue weighted by Crippen LogP contribution is 2.54. The fraction of sp³-hybridized carbons (Fsp3) is 0.364. The molecule has 0 radical (unpaired) electrons. The molecule has 1 aliphatic carbocycles. The molecule has 0 spiro atoms. The smallest absolute Gasteiger partial charge is 0.314 e. The third kappa shape index (κ3) is 1.58. The van der Waals surface area contributed by atoms with Gasteiger partial charge in [-0.25, -0.2) is 0 Å². The second-order valence-corrected chi connectivity index (χ2v) is 4.79. The van der Waals surface area contributed by atoms with E-state index in [4.69, 9.17) is 5.11 Å². The van der Waals surface area contributed by atoms with Crippen molar-refractivity contribution in [1.82, 2.24) is 0 Å². The van der Waals surface area contributed by atoms with Gasteiger partial charge in [0.05, 0.1) is 5.41 Å². The van der Waals surface area contributed by atoms with Crippen LogP contribution in [-0.2, 0) is 10.2 Å². The van der Waals surface area contributed by atoms with Crippen LogP contribution in [0.3, 0.4) is 0 Å². The number of carboxylic acid groups (broad SMARTS) is 1. The average Bonchev–Trinajstić information content (AvgIpc) is 2.93. The summed E-state index contributed by atoms with van der Waals surface area (Å²) in [5.41, 5.74) is -0.0955. The Morgan fingerprint density at radius 3 is 2.80 bits per heavy atom. The van der Waals surface area contributed by atoms with E-state index < -0.39 is 11.4 Å². The van der Waals surface area contributed by atoms with Crippen LogP contribution in [0.5, 0.6) is 0 Å². The molecule has 15 heavy (non-hydrogen) atoms. The zero-order chi connectivity index (χ0) is 11.1. The lowest BCUT2D eigenvalue weighted by atomic mass is 9.93. The zero-order valence-electron chi connectivity index (χ0n) is 7.98. The molecule has 0 saturated heterocycles. The molecule has 2 atom stereocenters. The predicted molar refractivity (Wildman–Crippen MR) is 58.6 cm³/mol. The van der Waals surface area contributed by atoms with Crippen LogP contribution in [-0.4, -0.2) is 22.8 Å². The van der Waals surface area contributed by atoms with Crippen LogP contribution in [0.2, 0.25) is 0 Å². The van der Waals surface area contributed by atoms with E-state index in [1.165, 1.54) is 0 Å². The van der Waals surface area contributed by atoms with Gasteiger partial charge < -0.3 is 10.2 Å². The highest BCUT2D eigenvalue weighted by Gasteiger charge is 2.61. The van der Waals surface area contributed by atoms with E-state index in [1.54, 1.807) is 6.07 Å². The second-order valence-electron chi connectivity index (χ2n) is 3.87. The molecule has 0 unspecified atom stereocenters. The zero-order valence-corrected chi connectivity index (χ0v) is 9.57. The standard InChI is InChI=1S/C11H11BrO3/c12-9-3-1-2-7(4-9)11(10(14)15)5-8(11)6-13/h1-4,8,13H,5-6H2,(H,14,15)/t8-,11+/m1/s1. The van der Waals surface area contributed by atoms with E-state index in [9.17, 15) is 9.90 Å². The number of aliphatic hydroxyl groups is 1. The lowest BCUT2D eigenvalue weighted by molar-refractivity contribution is -0.140. The SMILES string of the molecule is O=C(O)[C@]1(c2cccc(Br)c2)C[C@@H]1CO. The summed E-state index contributed by atoms with van der Waals surface area (Å²) in [5, 5.41) is 18.3. The number of carboxylic acids is 1. The van der Waals surface area contributed by atoms with Gasteiger partial charge in [0.2, 0.25) is 0 Å². The number of aliphatic hydroxyl groups excluding tert-OH is 1. The number of rotatable bonds is 3. The molecule has 4 heteroatoms. The summed E-state index contributed by atoms with van der Waals surface area (Å²) < 4.78 is 0.865. The molecule has 0 bridgehead atoms. The molecular weight excluding hydrogens is 260 g/mol. The van der Waals surface area contributed by atoms with E-state index in [1.807, 2.05) is 18.2 Å². The van der Waals surface area contributed by atoms with Gasteiger partial charge in [-0.1, -0.05) is 28.1 Å². The van der Waals surface area contributed by atoms with Gasteiger partial charge in [0, 0.05) is 17.0 Å². The van der Waals surface area contributed by atoms with Gasteiger partial charge in [-0.3, -0.25) is 4.79 Å². The van der Waals surface area contributed by atoms with Crippen molar-refractivity contribution in [2.75, 3.05) is 6.61 Å². The molecule has 1 aromatic carbocycles. The normalized spacial score (nSPS) is 28.8. The van der Waals surface area contributed by atoms with E-state index in [2.05, 4.69) is 15.9 Å². The Kier molecular flexibility index (Phi) is 2.56. The maximum Gasteiger partial charge on any atom is 0.314 e. The highest BCUT2D eigenvalue weighted by molar-refractivity contribution is 9.10. The molecular formula is C11H11BrO3. The van der Waals surface area contributed by atoms with E-state index in [-0.39, 0.29) is 12.5 Å². The second kappa shape index (κ2) is 3.61. The maximum atomic E-state index is 11.2. The maximum absolute atomic E-state index is 11.2. The minimum absolute atomic E-state index is 0.0706. The van der Waals surface area contributed by atoms with Gasteiger partial charge in [0.15, 0.2) is 0 Å². The van der Waals surface area contributed by atoms with E-state index in [0.29, 0.717) is 6.42 Å². The number of benzene rings is 1. The van der Waals surface area contributed by atoms with Crippen LogP contribution < -0.4 is 0 Å². The van der Waals surface area contributed by atoms with Crippen molar-refractivity contribution in [1.29, 1.82) is 0 Å². The minimum Gasteiger partial charge on any atom is -0.481 e. The van der Waals surface area contributed by atoms with Crippen molar-refractivity contribution >= 4 is 21.9 Å². The summed E-state index contributed by atoms with van der Waals surface area (Å²) in [6.45, 7) is -0.0706. The molecule has 1 aliphatic rings. The lowest BCUT2D eigenvalue weighted by Crippen LogP contribution is -2.23. The fourth-order valence-corrected chi connectivity index (χ4v) is 2.45. The molecule has 0 aliphatic heterocycles. The monoisotopic (exact) mass is 270 g/mol. The first-order valence-corrected chi connectivity index (χ1v) is 5.51. The summed E-state index contributed by atoms with van der Waals surface area (Å²) in [7, 11) is 0. The van der Waals surface area contributed by atoms with Gasteiger partial charge in [0.1, 0.15) is 0 Å². The summed E-state index contributed by atoms with van der Waals surface area (Å²) in [6.07, 6.45) is 0.523. The molecule has 2 N–H and O–H groups in total. The molecule has 2 rings (SSSR count). The fourth-order valence-electron chi connectivity index (χ4n) is 2.06. The van der Waals surface area contributed by atoms with Crippen LogP contribution in [0.25, 0.3) is 0 Å². The van der Waals surface area contributed by atoms with Gasteiger partial charge >= 0.3 is 5.97 Å². The quantitative estimate of drug-likeness (QED) is 0.881. The average molecular weight is 271 g/mol. The Balaban J connectivity index is 2.40. The van der Waals surface area contributed by atoms with Crippen molar-refractivity contribution in [2.24, 2.45) is 5.92 Å². The van der Waals surface area contributed by atoms with Gasteiger partial charge in [-0.15, -0.1) is 0 Å². The molecule has 3 nitrogen and oxygen atoms in total. The van der Waals surface area contributed by atoms with Crippen LogP contribution in [0.4, 0.5) is 0 Å². The van der Waals surface area contributed by atoms with Crippen molar-refractivity contribution in [2.45, 2.75) is 11.8 Å². The molecule has 0 heterocycles. The highest BCUT2D eigenvalue weighted by atomic mass is 79.9. The number of hydrogen-bond acceptors (Lipinski definition) is 2. The van der Waals surface area contributed by atoms with Crippen molar-refractivity contribution in [3.8, 4) is 0 Å².